The minimum Gasteiger partial charge on any atom is -0.339 e. The molecule has 1 aliphatic heterocycles. The number of hydrogen-bond donors (Lipinski definition) is 0. The lowest BCUT2D eigenvalue weighted by atomic mass is 9.96. The van der Waals surface area contributed by atoms with Gasteiger partial charge in [0.15, 0.2) is 0 Å². The molecule has 2 aromatic carbocycles. The first-order valence-electron chi connectivity index (χ1n) is 9.37. The Morgan fingerprint density at radius 2 is 1.67 bits per heavy atom. The van der Waals surface area contributed by atoms with Crippen molar-refractivity contribution in [2.45, 2.75) is 24.9 Å². The van der Waals surface area contributed by atoms with Gasteiger partial charge in [-0.05, 0) is 49.2 Å². The van der Waals surface area contributed by atoms with Crippen molar-refractivity contribution in [2.24, 2.45) is 0 Å². The molecular formula is C21H17ClF3N3O2. The number of carbonyl (C=O) groups is 1. The van der Waals surface area contributed by atoms with Crippen LogP contribution in [0.5, 0.6) is 0 Å². The fourth-order valence-corrected chi connectivity index (χ4v) is 3.56. The first-order valence-corrected chi connectivity index (χ1v) is 9.75. The van der Waals surface area contributed by atoms with Crippen LogP contribution in [0.4, 0.5) is 13.2 Å². The van der Waals surface area contributed by atoms with E-state index in [1.54, 1.807) is 29.2 Å². The van der Waals surface area contributed by atoms with E-state index in [0.717, 1.165) is 12.1 Å². The van der Waals surface area contributed by atoms with Crippen molar-refractivity contribution in [3.63, 3.8) is 0 Å². The highest BCUT2D eigenvalue weighted by Crippen LogP contribution is 2.32. The average molecular weight is 436 g/mol. The van der Waals surface area contributed by atoms with E-state index in [9.17, 15) is 18.0 Å². The topological polar surface area (TPSA) is 59.2 Å². The highest BCUT2D eigenvalue weighted by Gasteiger charge is 2.31. The normalized spacial score (nSPS) is 15.4. The first kappa shape index (κ1) is 20.4. The molecular weight excluding hydrogens is 419 g/mol. The van der Waals surface area contributed by atoms with E-state index in [2.05, 4.69) is 10.1 Å². The molecule has 0 aliphatic carbocycles. The summed E-state index contributed by atoms with van der Waals surface area (Å²) in [6.07, 6.45) is -3.07. The number of likely N-dealkylation sites (tertiary alicyclic amines) is 1. The van der Waals surface area contributed by atoms with Gasteiger partial charge in [0, 0.05) is 35.2 Å². The highest BCUT2D eigenvalue weighted by atomic mass is 35.5. The maximum atomic E-state index is 12.7. The molecule has 4 rings (SSSR count). The standard InChI is InChI=1S/C21H17ClF3N3O2/c22-17-7-3-15(4-8-17)20(29)28-11-9-14(10-12-28)19-26-18(27-30-19)13-1-5-16(6-2-13)21(23,24)25/h1-8,14H,9-12H2. The lowest BCUT2D eigenvalue weighted by Gasteiger charge is -2.30. The van der Waals surface area contributed by atoms with E-state index in [1.807, 2.05) is 0 Å². The zero-order chi connectivity index (χ0) is 21.3. The van der Waals surface area contributed by atoms with Gasteiger partial charge in [-0.2, -0.15) is 18.2 Å². The summed E-state index contributed by atoms with van der Waals surface area (Å²) in [5.41, 5.74) is 0.307. The Kier molecular flexibility index (Phi) is 5.51. The molecule has 1 aliphatic rings. The van der Waals surface area contributed by atoms with Crippen LogP contribution in [0.15, 0.2) is 53.1 Å². The van der Waals surface area contributed by atoms with E-state index in [-0.39, 0.29) is 17.6 Å². The van der Waals surface area contributed by atoms with Gasteiger partial charge in [-0.15, -0.1) is 0 Å². The summed E-state index contributed by atoms with van der Waals surface area (Å²) in [6, 6.07) is 11.4. The fourth-order valence-electron chi connectivity index (χ4n) is 3.43. The molecule has 1 amide bonds. The fraction of sp³-hybridized carbons (Fsp3) is 0.286. The maximum absolute atomic E-state index is 12.7. The molecule has 0 radical (unpaired) electrons. The van der Waals surface area contributed by atoms with E-state index < -0.39 is 11.7 Å². The molecule has 0 bridgehead atoms. The summed E-state index contributed by atoms with van der Waals surface area (Å²) in [6.45, 7) is 1.09. The Hall–Kier alpha value is -2.87. The molecule has 0 unspecified atom stereocenters. The van der Waals surface area contributed by atoms with E-state index in [1.165, 1.54) is 12.1 Å². The van der Waals surface area contributed by atoms with Crippen LogP contribution in [0.1, 0.15) is 40.6 Å². The summed E-state index contributed by atoms with van der Waals surface area (Å²) in [4.78, 5) is 18.7. The minimum atomic E-state index is -4.39. The zero-order valence-corrected chi connectivity index (χ0v) is 16.5. The van der Waals surface area contributed by atoms with Crippen molar-refractivity contribution in [2.75, 3.05) is 13.1 Å². The largest absolute Gasteiger partial charge is 0.416 e. The first-order chi connectivity index (χ1) is 14.3. The Morgan fingerprint density at radius 1 is 1.03 bits per heavy atom. The van der Waals surface area contributed by atoms with Crippen molar-refractivity contribution in [1.29, 1.82) is 0 Å². The lowest BCUT2D eigenvalue weighted by molar-refractivity contribution is -0.137. The van der Waals surface area contributed by atoms with Crippen molar-refractivity contribution < 1.29 is 22.5 Å². The Bertz CT molecular complexity index is 1020. The number of nitrogens with zero attached hydrogens (tertiary/aromatic N) is 3. The number of hydrogen-bond acceptors (Lipinski definition) is 4. The van der Waals surface area contributed by atoms with Crippen molar-refractivity contribution in [3.8, 4) is 11.4 Å². The third kappa shape index (κ3) is 4.33. The van der Waals surface area contributed by atoms with Crippen molar-refractivity contribution >= 4 is 17.5 Å². The van der Waals surface area contributed by atoms with Crippen LogP contribution in [0.25, 0.3) is 11.4 Å². The molecule has 0 atom stereocenters. The second-order valence-corrected chi connectivity index (χ2v) is 7.54. The van der Waals surface area contributed by atoms with Crippen LogP contribution in [0.2, 0.25) is 5.02 Å². The summed E-state index contributed by atoms with van der Waals surface area (Å²) in [5.74, 6) is 0.623. The second kappa shape index (κ2) is 8.10. The third-order valence-electron chi connectivity index (χ3n) is 5.13. The van der Waals surface area contributed by atoms with Gasteiger partial charge < -0.3 is 9.42 Å². The van der Waals surface area contributed by atoms with Crippen LogP contribution in [0.3, 0.4) is 0 Å². The molecule has 3 aromatic rings. The number of halogens is 4. The predicted octanol–water partition coefficient (Wildman–Crippen LogP) is 5.43. The number of carbonyl (C=O) groups excluding carboxylic acids is 1. The predicted molar refractivity (Wildman–Crippen MR) is 104 cm³/mol. The molecule has 1 aromatic heterocycles. The highest BCUT2D eigenvalue weighted by molar-refractivity contribution is 6.30. The van der Waals surface area contributed by atoms with Crippen molar-refractivity contribution in [3.05, 3.63) is 70.6 Å². The molecule has 0 saturated carbocycles. The number of aromatic nitrogens is 2. The zero-order valence-electron chi connectivity index (χ0n) is 15.7. The van der Waals surface area contributed by atoms with E-state index in [4.69, 9.17) is 16.1 Å². The Morgan fingerprint density at radius 3 is 2.27 bits per heavy atom. The van der Waals surface area contributed by atoms with Gasteiger partial charge in [0.25, 0.3) is 5.91 Å². The third-order valence-corrected chi connectivity index (χ3v) is 5.39. The smallest absolute Gasteiger partial charge is 0.339 e. The number of rotatable bonds is 3. The van der Waals surface area contributed by atoms with Gasteiger partial charge in [0.2, 0.25) is 11.7 Å². The van der Waals surface area contributed by atoms with Gasteiger partial charge in [-0.1, -0.05) is 28.9 Å². The summed E-state index contributed by atoms with van der Waals surface area (Å²) in [7, 11) is 0. The number of piperidine rings is 1. The number of amides is 1. The van der Waals surface area contributed by atoms with Gasteiger partial charge in [-0.25, -0.2) is 0 Å². The molecule has 0 N–H and O–H groups in total. The van der Waals surface area contributed by atoms with Gasteiger partial charge in [0.05, 0.1) is 5.56 Å². The SMILES string of the molecule is O=C(c1ccc(Cl)cc1)N1CCC(c2nc(-c3ccc(C(F)(F)F)cc3)no2)CC1. The summed E-state index contributed by atoms with van der Waals surface area (Å²) < 4.78 is 43.4. The average Bonchev–Trinajstić information content (AvgIpc) is 3.24. The number of alkyl halides is 3. The van der Waals surface area contributed by atoms with Gasteiger partial charge >= 0.3 is 6.18 Å². The monoisotopic (exact) mass is 435 g/mol. The molecule has 1 saturated heterocycles. The lowest BCUT2D eigenvalue weighted by Crippen LogP contribution is -2.37. The Labute approximate surface area is 175 Å². The van der Waals surface area contributed by atoms with Crippen molar-refractivity contribution in [1.82, 2.24) is 15.0 Å². The molecule has 0 spiro atoms. The maximum Gasteiger partial charge on any atom is 0.416 e. The molecule has 5 nitrogen and oxygen atoms in total. The van der Waals surface area contributed by atoms with Crippen LogP contribution in [-0.2, 0) is 6.18 Å². The molecule has 1 fully saturated rings. The van der Waals surface area contributed by atoms with Crippen LogP contribution in [-0.4, -0.2) is 34.0 Å². The van der Waals surface area contributed by atoms with E-state index >= 15 is 0 Å². The minimum absolute atomic E-state index is 0.00466. The summed E-state index contributed by atoms with van der Waals surface area (Å²) in [5, 5.41) is 4.48. The summed E-state index contributed by atoms with van der Waals surface area (Å²) >= 11 is 5.86. The van der Waals surface area contributed by atoms with Crippen LogP contribution in [0, 0.1) is 0 Å². The van der Waals surface area contributed by atoms with Crippen LogP contribution < -0.4 is 0 Å². The van der Waals surface area contributed by atoms with Gasteiger partial charge in [0.1, 0.15) is 0 Å². The van der Waals surface area contributed by atoms with E-state index in [0.29, 0.717) is 48.0 Å². The van der Waals surface area contributed by atoms with Gasteiger partial charge in [-0.3, -0.25) is 4.79 Å². The molecule has 156 valence electrons. The quantitative estimate of drug-likeness (QED) is 0.550. The second-order valence-electron chi connectivity index (χ2n) is 7.10. The molecule has 2 heterocycles. The van der Waals surface area contributed by atoms with Crippen LogP contribution >= 0.6 is 11.6 Å². The molecule has 30 heavy (non-hydrogen) atoms. The number of benzene rings is 2. The Balaban J connectivity index is 1.39. The molecule has 9 heteroatoms.